The summed E-state index contributed by atoms with van der Waals surface area (Å²) in [6.07, 6.45) is 3.55. The Morgan fingerprint density at radius 3 is 2.27 bits per heavy atom. The Morgan fingerprint density at radius 1 is 1.40 bits per heavy atom. The van der Waals surface area contributed by atoms with E-state index in [1.165, 1.54) is 6.42 Å². The molecule has 0 radical (unpaired) electrons. The largest absolute Gasteiger partial charge is 1.00 e. The normalized spacial score (nSPS) is 17.1. The zero-order valence-electron chi connectivity index (χ0n) is 9.48. The molecule has 1 fully saturated rings. The fraction of sp³-hybridized carbons (Fsp3) is 0.778. The van der Waals surface area contributed by atoms with Gasteiger partial charge >= 0.3 is 58.4 Å². The SMILES string of the molecule is C=C(CN(C)CC1CCC1)[B-](F)(F)F.[K+]. The molecule has 0 unspecified atom stereocenters. The molecule has 0 spiro atoms. The van der Waals surface area contributed by atoms with E-state index in [1.54, 1.807) is 11.9 Å². The molecule has 0 heterocycles. The van der Waals surface area contributed by atoms with Crippen LogP contribution in [0.15, 0.2) is 12.1 Å². The van der Waals surface area contributed by atoms with Crippen molar-refractivity contribution in [3.63, 3.8) is 0 Å². The molecule has 1 nitrogen and oxygen atoms in total. The van der Waals surface area contributed by atoms with Crippen molar-refractivity contribution in [1.29, 1.82) is 0 Å². The monoisotopic (exact) mass is 245 g/mol. The summed E-state index contributed by atoms with van der Waals surface area (Å²) in [5.41, 5.74) is -0.591. The van der Waals surface area contributed by atoms with Gasteiger partial charge in [-0.15, -0.1) is 12.1 Å². The van der Waals surface area contributed by atoms with E-state index < -0.39 is 12.4 Å². The van der Waals surface area contributed by atoms with Crippen LogP contribution in [0.2, 0.25) is 0 Å². The van der Waals surface area contributed by atoms with Gasteiger partial charge in [-0.05, 0) is 32.4 Å². The summed E-state index contributed by atoms with van der Waals surface area (Å²) in [7, 11) is 1.73. The van der Waals surface area contributed by atoms with E-state index in [4.69, 9.17) is 0 Å². The zero-order valence-corrected chi connectivity index (χ0v) is 12.6. The number of halogens is 3. The third-order valence-corrected chi connectivity index (χ3v) is 2.73. The minimum atomic E-state index is -4.85. The topological polar surface area (TPSA) is 3.24 Å². The van der Waals surface area contributed by atoms with E-state index >= 15 is 0 Å². The molecular weight excluding hydrogens is 229 g/mol. The van der Waals surface area contributed by atoms with Crippen molar-refractivity contribution >= 4 is 6.98 Å². The van der Waals surface area contributed by atoms with Crippen molar-refractivity contribution in [2.24, 2.45) is 5.92 Å². The molecule has 0 bridgehead atoms. The molecule has 0 aromatic heterocycles. The average Bonchev–Trinajstić information content (AvgIpc) is 1.95. The Labute approximate surface area is 132 Å². The maximum atomic E-state index is 12.2. The molecule has 0 N–H and O–H groups in total. The number of hydrogen-bond acceptors (Lipinski definition) is 1. The van der Waals surface area contributed by atoms with Gasteiger partial charge in [0.1, 0.15) is 0 Å². The number of hydrogen-bond donors (Lipinski definition) is 0. The molecule has 0 saturated heterocycles. The van der Waals surface area contributed by atoms with Crippen molar-refractivity contribution in [2.75, 3.05) is 20.1 Å². The molecule has 0 atom stereocenters. The van der Waals surface area contributed by atoms with Crippen molar-refractivity contribution < 1.29 is 64.3 Å². The molecule has 1 saturated carbocycles. The van der Waals surface area contributed by atoms with Gasteiger partial charge in [0.15, 0.2) is 0 Å². The van der Waals surface area contributed by atoms with Crippen molar-refractivity contribution in [3.05, 3.63) is 12.1 Å². The van der Waals surface area contributed by atoms with Crippen LogP contribution in [0.1, 0.15) is 19.3 Å². The second kappa shape index (κ2) is 6.81. The fourth-order valence-corrected chi connectivity index (χ4v) is 1.63. The van der Waals surface area contributed by atoms with Gasteiger partial charge in [0, 0.05) is 6.54 Å². The predicted octanol–water partition coefficient (Wildman–Crippen LogP) is -0.335. The van der Waals surface area contributed by atoms with Gasteiger partial charge in [0.05, 0.1) is 0 Å². The first-order valence-corrected chi connectivity index (χ1v) is 4.95. The molecule has 15 heavy (non-hydrogen) atoms. The van der Waals surface area contributed by atoms with Crippen molar-refractivity contribution in [1.82, 2.24) is 4.90 Å². The third kappa shape index (κ3) is 5.89. The molecule has 6 heteroatoms. The van der Waals surface area contributed by atoms with Crippen LogP contribution in [-0.2, 0) is 0 Å². The smallest absolute Gasteiger partial charge is 0.445 e. The molecule has 0 aromatic rings. The standard InChI is InChI=1S/C9H16BF3N.K/c1-8(10(11,12)13)6-14(2)7-9-4-3-5-9;/h9H,1,3-7H2,2H3;/q-1;+1. The molecule has 0 aromatic carbocycles. The van der Waals surface area contributed by atoms with Crippen LogP contribution in [0.5, 0.6) is 0 Å². The third-order valence-electron chi connectivity index (χ3n) is 2.73. The molecule has 1 aliphatic rings. The summed E-state index contributed by atoms with van der Waals surface area (Å²) in [6, 6.07) is 0. The number of likely N-dealkylation sites (N-methyl/N-ethyl adjacent to an activating group) is 1. The number of rotatable bonds is 5. The van der Waals surface area contributed by atoms with Crippen LogP contribution in [0.25, 0.3) is 0 Å². The van der Waals surface area contributed by atoms with Crippen molar-refractivity contribution in [3.8, 4) is 0 Å². The van der Waals surface area contributed by atoms with E-state index in [9.17, 15) is 12.9 Å². The van der Waals surface area contributed by atoms with Gasteiger partial charge in [-0.25, -0.2) is 0 Å². The Balaban J connectivity index is 0.00000196. The summed E-state index contributed by atoms with van der Waals surface area (Å²) in [4.78, 5) is 1.72. The van der Waals surface area contributed by atoms with Crippen LogP contribution in [-0.4, -0.2) is 32.0 Å². The van der Waals surface area contributed by atoms with Crippen LogP contribution in [0.4, 0.5) is 12.9 Å². The summed E-state index contributed by atoms with van der Waals surface area (Å²) in [6.45, 7) is -1.05. The first-order valence-electron chi connectivity index (χ1n) is 4.95. The van der Waals surface area contributed by atoms with E-state index in [1.807, 2.05) is 0 Å². The molecular formula is C9H16BF3KN. The Kier molecular flexibility index (Phi) is 7.35. The minimum Gasteiger partial charge on any atom is -0.445 e. The quantitative estimate of drug-likeness (QED) is 0.599. The second-order valence-corrected chi connectivity index (χ2v) is 4.23. The van der Waals surface area contributed by atoms with Crippen LogP contribution < -0.4 is 51.4 Å². The van der Waals surface area contributed by atoms with E-state index in [0.29, 0.717) is 5.92 Å². The van der Waals surface area contributed by atoms with Gasteiger partial charge in [0.2, 0.25) is 0 Å². The Bertz CT molecular complexity index is 216. The Morgan fingerprint density at radius 2 is 1.93 bits per heavy atom. The van der Waals surface area contributed by atoms with Crippen LogP contribution in [0, 0.1) is 5.92 Å². The fourth-order valence-electron chi connectivity index (χ4n) is 1.63. The first kappa shape index (κ1) is 16.2. The molecule has 0 amide bonds. The predicted molar refractivity (Wildman–Crippen MR) is 53.1 cm³/mol. The maximum absolute atomic E-state index is 12.2. The molecule has 82 valence electrons. The van der Waals surface area contributed by atoms with E-state index in [0.717, 1.165) is 19.4 Å². The first-order chi connectivity index (χ1) is 6.39. The molecule has 1 rings (SSSR count). The van der Waals surface area contributed by atoms with Crippen LogP contribution in [0.3, 0.4) is 0 Å². The van der Waals surface area contributed by atoms with E-state index in [-0.39, 0.29) is 57.9 Å². The summed E-state index contributed by atoms with van der Waals surface area (Å²) >= 11 is 0. The molecule has 0 aliphatic heterocycles. The van der Waals surface area contributed by atoms with E-state index in [2.05, 4.69) is 6.58 Å². The Hall–Kier alpha value is 1.19. The second-order valence-electron chi connectivity index (χ2n) is 4.23. The molecule has 1 aliphatic carbocycles. The van der Waals surface area contributed by atoms with Gasteiger partial charge in [-0.3, -0.25) is 0 Å². The zero-order chi connectivity index (χ0) is 10.8. The van der Waals surface area contributed by atoms with Gasteiger partial charge in [-0.2, -0.15) is 0 Å². The summed E-state index contributed by atoms with van der Waals surface area (Å²) in [5, 5.41) is 0. The number of nitrogens with zero attached hydrogens (tertiary/aromatic N) is 1. The van der Waals surface area contributed by atoms with Gasteiger partial charge < -0.3 is 17.8 Å². The van der Waals surface area contributed by atoms with Gasteiger partial charge in [-0.1, -0.05) is 6.42 Å². The summed E-state index contributed by atoms with van der Waals surface area (Å²) in [5.74, 6) is 0.605. The maximum Gasteiger partial charge on any atom is 1.00 e. The summed E-state index contributed by atoms with van der Waals surface area (Å²) < 4.78 is 36.5. The van der Waals surface area contributed by atoms with Crippen LogP contribution >= 0.6 is 0 Å². The average molecular weight is 245 g/mol. The van der Waals surface area contributed by atoms with Gasteiger partial charge in [0.25, 0.3) is 0 Å². The van der Waals surface area contributed by atoms with Crippen molar-refractivity contribution in [2.45, 2.75) is 19.3 Å². The minimum absolute atomic E-state index is 0.